The molecule has 1 fully saturated rings. The molecular weight excluding hydrogens is 242 g/mol. The fourth-order valence-electron chi connectivity index (χ4n) is 2.29. The summed E-state index contributed by atoms with van der Waals surface area (Å²) in [7, 11) is 1.65. The fraction of sp³-hybridized carbons (Fsp3) is 0.500. The van der Waals surface area contributed by atoms with Crippen molar-refractivity contribution in [2.75, 3.05) is 30.8 Å². The first-order valence-corrected chi connectivity index (χ1v) is 6.62. The molecule has 1 aromatic rings. The highest BCUT2D eigenvalue weighted by Gasteiger charge is 2.14. The van der Waals surface area contributed by atoms with E-state index in [1.807, 2.05) is 18.2 Å². The first-order chi connectivity index (χ1) is 9.19. The summed E-state index contributed by atoms with van der Waals surface area (Å²) in [5, 5.41) is 9.59. The van der Waals surface area contributed by atoms with Crippen LogP contribution < -0.4 is 20.7 Å². The Morgan fingerprint density at radius 1 is 1.53 bits per heavy atom. The SMILES string of the molecule is COc1ccc(NC(C)=O)cc1NCC1CCCN1. The van der Waals surface area contributed by atoms with Gasteiger partial charge in [0.05, 0.1) is 12.8 Å². The second-order valence-electron chi connectivity index (χ2n) is 4.77. The lowest BCUT2D eigenvalue weighted by Gasteiger charge is -2.16. The van der Waals surface area contributed by atoms with Gasteiger partial charge in [0, 0.05) is 25.2 Å². The minimum absolute atomic E-state index is 0.0754. The van der Waals surface area contributed by atoms with Crippen molar-refractivity contribution in [2.45, 2.75) is 25.8 Å². The quantitative estimate of drug-likeness (QED) is 0.758. The van der Waals surface area contributed by atoms with Gasteiger partial charge in [0.15, 0.2) is 0 Å². The fourth-order valence-corrected chi connectivity index (χ4v) is 2.29. The van der Waals surface area contributed by atoms with Crippen LogP contribution in [0.4, 0.5) is 11.4 Å². The molecule has 0 bridgehead atoms. The largest absolute Gasteiger partial charge is 0.495 e. The van der Waals surface area contributed by atoms with Crippen molar-refractivity contribution in [3.63, 3.8) is 0 Å². The number of methoxy groups -OCH3 is 1. The normalized spacial score (nSPS) is 18.1. The van der Waals surface area contributed by atoms with Crippen LogP contribution in [0.1, 0.15) is 19.8 Å². The van der Waals surface area contributed by atoms with E-state index >= 15 is 0 Å². The number of carbonyl (C=O) groups is 1. The van der Waals surface area contributed by atoms with Gasteiger partial charge in [0.1, 0.15) is 5.75 Å². The van der Waals surface area contributed by atoms with E-state index in [9.17, 15) is 4.79 Å². The van der Waals surface area contributed by atoms with E-state index in [-0.39, 0.29) is 5.91 Å². The van der Waals surface area contributed by atoms with E-state index in [0.29, 0.717) is 6.04 Å². The molecule has 1 aliphatic heterocycles. The molecule has 1 atom stereocenters. The van der Waals surface area contributed by atoms with Gasteiger partial charge >= 0.3 is 0 Å². The van der Waals surface area contributed by atoms with Crippen LogP contribution in [0, 0.1) is 0 Å². The van der Waals surface area contributed by atoms with Crippen LogP contribution >= 0.6 is 0 Å². The average Bonchev–Trinajstić information content (AvgIpc) is 2.89. The van der Waals surface area contributed by atoms with Crippen molar-refractivity contribution in [1.82, 2.24) is 5.32 Å². The second-order valence-corrected chi connectivity index (χ2v) is 4.77. The van der Waals surface area contributed by atoms with E-state index in [1.165, 1.54) is 19.8 Å². The topological polar surface area (TPSA) is 62.4 Å². The van der Waals surface area contributed by atoms with Crippen LogP contribution in [0.5, 0.6) is 5.75 Å². The van der Waals surface area contributed by atoms with E-state index in [4.69, 9.17) is 4.74 Å². The Labute approximate surface area is 113 Å². The smallest absolute Gasteiger partial charge is 0.221 e. The summed E-state index contributed by atoms with van der Waals surface area (Å²) in [6.07, 6.45) is 2.43. The van der Waals surface area contributed by atoms with Crippen LogP contribution in [-0.4, -0.2) is 32.1 Å². The zero-order chi connectivity index (χ0) is 13.7. The summed E-state index contributed by atoms with van der Waals surface area (Å²) in [5.74, 6) is 0.709. The van der Waals surface area contributed by atoms with Gasteiger partial charge in [-0.3, -0.25) is 4.79 Å². The van der Waals surface area contributed by atoms with Crippen molar-refractivity contribution >= 4 is 17.3 Å². The molecule has 1 saturated heterocycles. The molecule has 3 N–H and O–H groups in total. The molecule has 1 aromatic carbocycles. The summed E-state index contributed by atoms with van der Waals surface area (Å²) in [4.78, 5) is 11.1. The summed E-state index contributed by atoms with van der Waals surface area (Å²) in [5.41, 5.74) is 1.68. The van der Waals surface area contributed by atoms with Gasteiger partial charge in [-0.15, -0.1) is 0 Å². The number of amides is 1. The molecule has 5 heteroatoms. The van der Waals surface area contributed by atoms with E-state index < -0.39 is 0 Å². The first kappa shape index (κ1) is 13.7. The Hall–Kier alpha value is -1.75. The average molecular weight is 263 g/mol. The number of nitrogens with one attached hydrogen (secondary N) is 3. The summed E-state index contributed by atoms with van der Waals surface area (Å²) < 4.78 is 5.32. The molecule has 0 saturated carbocycles. The van der Waals surface area contributed by atoms with Gasteiger partial charge < -0.3 is 20.7 Å². The molecule has 0 aliphatic carbocycles. The third-order valence-corrected chi connectivity index (χ3v) is 3.22. The summed E-state index contributed by atoms with van der Waals surface area (Å²) in [6.45, 7) is 3.45. The van der Waals surface area contributed by atoms with E-state index in [2.05, 4.69) is 16.0 Å². The van der Waals surface area contributed by atoms with Crippen LogP contribution in [0.2, 0.25) is 0 Å². The number of ether oxygens (including phenoxy) is 1. The van der Waals surface area contributed by atoms with Gasteiger partial charge in [-0.05, 0) is 37.6 Å². The Morgan fingerprint density at radius 2 is 2.37 bits per heavy atom. The number of anilines is 2. The molecule has 1 heterocycles. The number of hydrogen-bond acceptors (Lipinski definition) is 4. The zero-order valence-electron chi connectivity index (χ0n) is 11.5. The minimum atomic E-state index is -0.0754. The molecule has 2 rings (SSSR count). The number of rotatable bonds is 5. The molecule has 19 heavy (non-hydrogen) atoms. The van der Waals surface area contributed by atoms with Crippen LogP contribution in [-0.2, 0) is 4.79 Å². The predicted octanol–water partition coefficient (Wildman–Crippen LogP) is 1.82. The third kappa shape index (κ3) is 3.86. The summed E-state index contributed by atoms with van der Waals surface area (Å²) in [6, 6.07) is 6.10. The van der Waals surface area contributed by atoms with Crippen molar-refractivity contribution in [3.8, 4) is 5.75 Å². The van der Waals surface area contributed by atoms with Crippen molar-refractivity contribution in [2.24, 2.45) is 0 Å². The molecule has 5 nitrogen and oxygen atoms in total. The van der Waals surface area contributed by atoms with E-state index in [1.54, 1.807) is 7.11 Å². The first-order valence-electron chi connectivity index (χ1n) is 6.62. The molecule has 0 radical (unpaired) electrons. The number of hydrogen-bond donors (Lipinski definition) is 3. The second kappa shape index (κ2) is 6.43. The van der Waals surface area contributed by atoms with Gasteiger partial charge in [-0.25, -0.2) is 0 Å². The third-order valence-electron chi connectivity index (χ3n) is 3.22. The molecule has 0 spiro atoms. The molecule has 1 aliphatic rings. The Balaban J connectivity index is 2.04. The highest BCUT2D eigenvalue weighted by Crippen LogP contribution is 2.28. The zero-order valence-corrected chi connectivity index (χ0v) is 11.5. The van der Waals surface area contributed by atoms with Crippen LogP contribution in [0.15, 0.2) is 18.2 Å². The summed E-state index contributed by atoms with van der Waals surface area (Å²) >= 11 is 0. The van der Waals surface area contributed by atoms with Gasteiger partial charge in [0.25, 0.3) is 0 Å². The van der Waals surface area contributed by atoms with Gasteiger partial charge in [0.2, 0.25) is 5.91 Å². The van der Waals surface area contributed by atoms with Crippen molar-refractivity contribution < 1.29 is 9.53 Å². The lowest BCUT2D eigenvalue weighted by atomic mass is 10.2. The van der Waals surface area contributed by atoms with Crippen molar-refractivity contribution in [1.29, 1.82) is 0 Å². The molecule has 104 valence electrons. The minimum Gasteiger partial charge on any atom is -0.495 e. The highest BCUT2D eigenvalue weighted by atomic mass is 16.5. The van der Waals surface area contributed by atoms with Crippen LogP contribution in [0.25, 0.3) is 0 Å². The predicted molar refractivity (Wildman–Crippen MR) is 76.8 cm³/mol. The van der Waals surface area contributed by atoms with Crippen molar-refractivity contribution in [3.05, 3.63) is 18.2 Å². The maximum Gasteiger partial charge on any atom is 0.221 e. The lowest BCUT2D eigenvalue weighted by Crippen LogP contribution is -2.29. The van der Waals surface area contributed by atoms with Gasteiger partial charge in [-0.1, -0.05) is 0 Å². The molecule has 0 aromatic heterocycles. The van der Waals surface area contributed by atoms with E-state index in [0.717, 1.165) is 30.2 Å². The molecular formula is C14H21N3O2. The molecule has 1 unspecified atom stereocenters. The Bertz CT molecular complexity index is 442. The maximum atomic E-state index is 11.1. The lowest BCUT2D eigenvalue weighted by molar-refractivity contribution is -0.114. The Kier molecular flexibility index (Phi) is 4.63. The highest BCUT2D eigenvalue weighted by molar-refractivity contribution is 5.89. The monoisotopic (exact) mass is 263 g/mol. The van der Waals surface area contributed by atoms with Crippen LogP contribution in [0.3, 0.4) is 0 Å². The maximum absolute atomic E-state index is 11.1. The standard InChI is InChI=1S/C14H21N3O2/c1-10(18)17-11-5-6-14(19-2)13(8-11)16-9-12-4-3-7-15-12/h5-6,8,12,15-16H,3-4,7,9H2,1-2H3,(H,17,18). The van der Waals surface area contributed by atoms with Gasteiger partial charge in [-0.2, -0.15) is 0 Å². The molecule has 1 amide bonds. The number of carbonyl (C=O) groups excluding carboxylic acids is 1. The Morgan fingerprint density at radius 3 is 3.00 bits per heavy atom. The number of benzene rings is 1.